The molecule has 10 heteroatoms. The molecule has 7 rings (SSSR count). The van der Waals surface area contributed by atoms with Gasteiger partial charge in [-0.15, -0.1) is 0 Å². The number of hydrazine groups is 1. The summed E-state index contributed by atoms with van der Waals surface area (Å²) in [7, 11) is 1.56. The van der Waals surface area contributed by atoms with E-state index in [0.29, 0.717) is 44.0 Å². The first kappa shape index (κ1) is 27.5. The second-order valence-electron chi connectivity index (χ2n) is 11.2. The molecule has 0 aromatic heterocycles. The lowest BCUT2D eigenvalue weighted by Gasteiger charge is -2.55. The molecule has 0 spiro atoms. The number of methoxy groups -OCH3 is 1. The maximum absolute atomic E-state index is 13.5. The van der Waals surface area contributed by atoms with Crippen LogP contribution in [0.1, 0.15) is 55.2 Å². The Morgan fingerprint density at radius 2 is 1.90 bits per heavy atom. The smallest absolute Gasteiger partial charge is 0.285 e. The monoisotopic (exact) mass is 685 g/mol. The summed E-state index contributed by atoms with van der Waals surface area (Å²) in [5, 5.41) is 10.6. The molecule has 1 saturated heterocycles. The van der Waals surface area contributed by atoms with Crippen LogP contribution in [0.5, 0.6) is 11.5 Å². The fourth-order valence-corrected chi connectivity index (χ4v) is 9.15. The van der Waals surface area contributed by atoms with Gasteiger partial charge in [0.15, 0.2) is 15.8 Å². The second kappa shape index (κ2) is 11.0. The molecule has 2 aromatic rings. The molecule has 4 bridgehead atoms. The Bertz CT molecular complexity index is 1450. The average Bonchev–Trinajstić information content (AvgIpc) is 3.18. The highest BCUT2D eigenvalue weighted by Gasteiger charge is 2.55. The number of hydrogen-bond donors (Lipinski definition) is 1. The predicted molar refractivity (Wildman–Crippen MR) is 165 cm³/mol. The number of nitrogens with one attached hydrogen (secondary N) is 1. The van der Waals surface area contributed by atoms with Crippen molar-refractivity contribution >= 4 is 68.8 Å². The quantitative estimate of drug-likeness (QED) is 0.211. The summed E-state index contributed by atoms with van der Waals surface area (Å²) in [5.74, 6) is 2.59. The molecule has 40 heavy (non-hydrogen) atoms. The van der Waals surface area contributed by atoms with Gasteiger partial charge in [0.25, 0.3) is 5.91 Å². The van der Waals surface area contributed by atoms with Crippen molar-refractivity contribution in [2.24, 2.45) is 23.2 Å². The molecule has 0 unspecified atom stereocenters. The molecule has 5 fully saturated rings. The van der Waals surface area contributed by atoms with Crippen LogP contribution in [0, 0.1) is 38.1 Å². The van der Waals surface area contributed by atoms with Crippen LogP contribution < -0.4 is 14.9 Å². The Kier molecular flexibility index (Phi) is 7.57. The standard InChI is InChI=1S/C30H28IN3O4S2/c1-37-24-10-17(9-23(31)26(24)38-16-22-5-3-2-4-21(22)15-32)11-25-27(35)34(29(39)40-25)33-28(36)30-12-18-6-19(13-30)8-20(7-18)14-30/h2-5,9-11,18-20H,6-8,12-14,16H2,1H3,(H,33,36)/b25-11+. The van der Waals surface area contributed by atoms with E-state index in [1.165, 1.54) is 36.0 Å². The van der Waals surface area contributed by atoms with Gasteiger partial charge in [0.05, 0.1) is 32.6 Å². The van der Waals surface area contributed by atoms with Crippen molar-refractivity contribution in [1.29, 1.82) is 5.26 Å². The minimum atomic E-state index is -0.366. The van der Waals surface area contributed by atoms with Crippen LogP contribution in [0.4, 0.5) is 0 Å². The molecule has 5 aliphatic rings. The molecule has 4 saturated carbocycles. The zero-order chi connectivity index (χ0) is 28.0. The first-order chi connectivity index (χ1) is 19.3. The van der Waals surface area contributed by atoms with Crippen LogP contribution in [0.2, 0.25) is 0 Å². The fraction of sp³-hybridized carbons (Fsp3) is 0.400. The van der Waals surface area contributed by atoms with Crippen LogP contribution >= 0.6 is 46.6 Å². The van der Waals surface area contributed by atoms with Gasteiger partial charge in [0, 0.05) is 5.56 Å². The predicted octanol–water partition coefficient (Wildman–Crippen LogP) is 6.20. The molecule has 1 N–H and O–H groups in total. The van der Waals surface area contributed by atoms with E-state index in [2.05, 4.69) is 34.1 Å². The van der Waals surface area contributed by atoms with Gasteiger partial charge in [-0.25, -0.2) is 0 Å². The van der Waals surface area contributed by atoms with Crippen molar-refractivity contribution < 1.29 is 19.1 Å². The van der Waals surface area contributed by atoms with E-state index in [-0.39, 0.29) is 23.8 Å². The number of carbonyl (C=O) groups excluding carboxylic acids is 2. The number of rotatable bonds is 7. The number of halogens is 1. The number of hydrogen-bond acceptors (Lipinski definition) is 7. The van der Waals surface area contributed by atoms with E-state index in [1.807, 2.05) is 24.3 Å². The molecule has 4 aliphatic carbocycles. The lowest BCUT2D eigenvalue weighted by molar-refractivity contribution is -0.152. The maximum Gasteiger partial charge on any atom is 0.285 e. The first-order valence-electron chi connectivity index (χ1n) is 13.4. The van der Waals surface area contributed by atoms with Crippen LogP contribution in [0.3, 0.4) is 0 Å². The Hall–Kier alpha value is -2.62. The van der Waals surface area contributed by atoms with Gasteiger partial charge in [0.2, 0.25) is 5.91 Å². The Labute approximate surface area is 256 Å². The highest BCUT2D eigenvalue weighted by atomic mass is 127. The van der Waals surface area contributed by atoms with Gasteiger partial charge in [0.1, 0.15) is 6.61 Å². The summed E-state index contributed by atoms with van der Waals surface area (Å²) in [6.45, 7) is 0.220. The number of nitriles is 1. The summed E-state index contributed by atoms with van der Waals surface area (Å²) in [5.41, 5.74) is 4.64. The van der Waals surface area contributed by atoms with Gasteiger partial charge in [-0.2, -0.15) is 10.3 Å². The summed E-state index contributed by atoms with van der Waals surface area (Å²) >= 11 is 8.86. The van der Waals surface area contributed by atoms with Crippen LogP contribution in [0.25, 0.3) is 6.08 Å². The van der Waals surface area contributed by atoms with E-state index < -0.39 is 0 Å². The Morgan fingerprint density at radius 3 is 2.55 bits per heavy atom. The third-order valence-electron chi connectivity index (χ3n) is 8.59. The van der Waals surface area contributed by atoms with Gasteiger partial charge in [-0.05, 0) is 121 Å². The minimum Gasteiger partial charge on any atom is -0.493 e. The number of amides is 2. The molecule has 1 aliphatic heterocycles. The zero-order valence-corrected chi connectivity index (χ0v) is 25.7. The lowest BCUT2D eigenvalue weighted by atomic mass is 9.49. The molecule has 2 aromatic carbocycles. The largest absolute Gasteiger partial charge is 0.493 e. The molecule has 0 atom stereocenters. The van der Waals surface area contributed by atoms with E-state index in [4.69, 9.17) is 21.7 Å². The highest BCUT2D eigenvalue weighted by Crippen LogP contribution is 2.60. The SMILES string of the molecule is COc1cc(/C=C2/SC(=S)N(NC(=O)C34CC5CC(CC(C5)C3)C4)C2=O)cc(I)c1OCc1ccccc1C#N. The van der Waals surface area contributed by atoms with E-state index >= 15 is 0 Å². The number of carbonyl (C=O) groups is 2. The Balaban J connectivity index is 1.17. The van der Waals surface area contributed by atoms with Crippen LogP contribution in [0.15, 0.2) is 41.3 Å². The van der Waals surface area contributed by atoms with E-state index in [9.17, 15) is 14.9 Å². The number of nitrogens with zero attached hydrogens (tertiary/aromatic N) is 2. The molecule has 206 valence electrons. The molecule has 1 heterocycles. The van der Waals surface area contributed by atoms with E-state index in [1.54, 1.807) is 25.3 Å². The molecular formula is C30H28IN3O4S2. The number of ether oxygens (including phenoxy) is 2. The number of thiocarbonyl (C=S) groups is 1. The third-order valence-corrected chi connectivity index (χ3v) is 10.7. The minimum absolute atomic E-state index is 0.0557. The van der Waals surface area contributed by atoms with Crippen molar-refractivity contribution in [1.82, 2.24) is 10.4 Å². The number of thioether (sulfide) groups is 1. The summed E-state index contributed by atoms with van der Waals surface area (Å²) < 4.78 is 12.8. The zero-order valence-electron chi connectivity index (χ0n) is 21.9. The van der Waals surface area contributed by atoms with E-state index in [0.717, 1.165) is 34.0 Å². The van der Waals surface area contributed by atoms with Crippen LogP contribution in [-0.4, -0.2) is 28.3 Å². The molecule has 0 radical (unpaired) electrons. The van der Waals surface area contributed by atoms with Crippen molar-refractivity contribution in [2.45, 2.75) is 45.1 Å². The van der Waals surface area contributed by atoms with Gasteiger partial charge >= 0.3 is 0 Å². The van der Waals surface area contributed by atoms with Gasteiger partial charge < -0.3 is 9.47 Å². The third kappa shape index (κ3) is 5.12. The average molecular weight is 686 g/mol. The van der Waals surface area contributed by atoms with Crippen molar-refractivity contribution in [2.75, 3.05) is 7.11 Å². The summed E-state index contributed by atoms with van der Waals surface area (Å²) in [6.07, 6.45) is 8.26. The summed E-state index contributed by atoms with van der Waals surface area (Å²) in [6, 6.07) is 13.2. The normalized spacial score (nSPS) is 27.7. The highest BCUT2D eigenvalue weighted by molar-refractivity contribution is 14.1. The van der Waals surface area contributed by atoms with Crippen molar-refractivity contribution in [3.05, 3.63) is 61.6 Å². The Morgan fingerprint density at radius 1 is 1.23 bits per heavy atom. The van der Waals surface area contributed by atoms with Crippen LogP contribution in [-0.2, 0) is 16.2 Å². The van der Waals surface area contributed by atoms with Crippen molar-refractivity contribution in [3.63, 3.8) is 0 Å². The van der Waals surface area contributed by atoms with Gasteiger partial charge in [-0.3, -0.25) is 15.0 Å². The topological polar surface area (TPSA) is 91.7 Å². The molecule has 2 amide bonds. The number of benzene rings is 2. The van der Waals surface area contributed by atoms with Gasteiger partial charge in [-0.1, -0.05) is 30.0 Å². The first-order valence-corrected chi connectivity index (χ1v) is 15.7. The maximum atomic E-state index is 13.5. The lowest BCUT2D eigenvalue weighted by Crippen LogP contribution is -2.57. The molecular weight excluding hydrogens is 657 g/mol. The molecule has 7 nitrogen and oxygen atoms in total. The fourth-order valence-electron chi connectivity index (χ4n) is 7.19. The second-order valence-corrected chi connectivity index (χ2v) is 14.1. The summed E-state index contributed by atoms with van der Waals surface area (Å²) in [4.78, 5) is 27.3. The van der Waals surface area contributed by atoms with Crippen molar-refractivity contribution in [3.8, 4) is 17.6 Å².